The standard InChI is InChI=1S/C10H19N3S/c1-7(2)5-8(11)9-6-14-10(12-9)13(3)4/h6-8H,5,11H2,1-4H3. The van der Waals surface area contributed by atoms with Crippen LogP contribution in [0, 0.1) is 5.92 Å². The highest BCUT2D eigenvalue weighted by molar-refractivity contribution is 7.13. The molecule has 1 heterocycles. The molecule has 0 saturated carbocycles. The fraction of sp³-hybridized carbons (Fsp3) is 0.700. The van der Waals surface area contributed by atoms with E-state index in [2.05, 4.69) is 24.2 Å². The first-order valence-corrected chi connectivity index (χ1v) is 5.77. The van der Waals surface area contributed by atoms with Crippen molar-refractivity contribution in [2.24, 2.45) is 11.7 Å². The minimum absolute atomic E-state index is 0.0833. The number of hydrogen-bond acceptors (Lipinski definition) is 4. The molecule has 1 unspecified atom stereocenters. The summed E-state index contributed by atoms with van der Waals surface area (Å²) in [6.07, 6.45) is 0.997. The lowest BCUT2D eigenvalue weighted by atomic mass is 10.0. The van der Waals surface area contributed by atoms with Crippen LogP contribution in [0.1, 0.15) is 32.0 Å². The van der Waals surface area contributed by atoms with E-state index in [1.165, 1.54) is 0 Å². The smallest absolute Gasteiger partial charge is 0.185 e. The Balaban J connectivity index is 2.66. The summed E-state index contributed by atoms with van der Waals surface area (Å²) in [6.45, 7) is 4.36. The molecule has 14 heavy (non-hydrogen) atoms. The molecule has 0 radical (unpaired) electrons. The van der Waals surface area contributed by atoms with Crippen molar-refractivity contribution >= 4 is 16.5 Å². The monoisotopic (exact) mass is 213 g/mol. The first kappa shape index (κ1) is 11.5. The van der Waals surface area contributed by atoms with Gasteiger partial charge in [0.1, 0.15) is 0 Å². The van der Waals surface area contributed by atoms with Crippen LogP contribution in [0.2, 0.25) is 0 Å². The topological polar surface area (TPSA) is 42.1 Å². The quantitative estimate of drug-likeness (QED) is 0.834. The highest BCUT2D eigenvalue weighted by atomic mass is 32.1. The van der Waals surface area contributed by atoms with E-state index in [1.807, 2.05) is 19.0 Å². The molecule has 0 aliphatic heterocycles. The molecule has 0 saturated heterocycles. The Labute approximate surface area is 89.9 Å². The van der Waals surface area contributed by atoms with Gasteiger partial charge >= 0.3 is 0 Å². The summed E-state index contributed by atoms with van der Waals surface area (Å²) in [4.78, 5) is 6.49. The Morgan fingerprint density at radius 2 is 2.14 bits per heavy atom. The van der Waals surface area contributed by atoms with E-state index in [0.29, 0.717) is 5.92 Å². The van der Waals surface area contributed by atoms with Gasteiger partial charge in [0.05, 0.1) is 5.69 Å². The van der Waals surface area contributed by atoms with Gasteiger partial charge in [-0.25, -0.2) is 4.98 Å². The Morgan fingerprint density at radius 1 is 1.50 bits per heavy atom. The number of nitrogens with two attached hydrogens (primary N) is 1. The third kappa shape index (κ3) is 2.96. The van der Waals surface area contributed by atoms with E-state index in [-0.39, 0.29) is 6.04 Å². The van der Waals surface area contributed by atoms with E-state index in [9.17, 15) is 0 Å². The van der Waals surface area contributed by atoms with Crippen LogP contribution in [0.3, 0.4) is 0 Å². The van der Waals surface area contributed by atoms with Gasteiger partial charge in [0.15, 0.2) is 5.13 Å². The molecule has 0 bridgehead atoms. The minimum atomic E-state index is 0.0833. The second-order valence-electron chi connectivity index (χ2n) is 4.19. The normalized spacial score (nSPS) is 13.3. The minimum Gasteiger partial charge on any atom is -0.354 e. The van der Waals surface area contributed by atoms with Gasteiger partial charge in [0.25, 0.3) is 0 Å². The lowest BCUT2D eigenvalue weighted by molar-refractivity contribution is 0.504. The lowest BCUT2D eigenvalue weighted by Gasteiger charge is -2.11. The summed E-state index contributed by atoms with van der Waals surface area (Å²) < 4.78 is 0. The van der Waals surface area contributed by atoms with E-state index in [0.717, 1.165) is 17.2 Å². The van der Waals surface area contributed by atoms with E-state index >= 15 is 0 Å². The predicted octanol–water partition coefficient (Wildman–Crippen LogP) is 2.26. The zero-order valence-electron chi connectivity index (χ0n) is 9.32. The van der Waals surface area contributed by atoms with Crippen LogP contribution < -0.4 is 10.6 Å². The summed E-state index contributed by atoms with van der Waals surface area (Å²) in [6, 6.07) is 0.0833. The summed E-state index contributed by atoms with van der Waals surface area (Å²) in [5.41, 5.74) is 7.06. The van der Waals surface area contributed by atoms with Gasteiger partial charge in [-0.15, -0.1) is 11.3 Å². The van der Waals surface area contributed by atoms with Gasteiger partial charge in [0, 0.05) is 25.5 Å². The van der Waals surface area contributed by atoms with Gasteiger partial charge < -0.3 is 10.6 Å². The highest BCUT2D eigenvalue weighted by Crippen LogP contribution is 2.24. The van der Waals surface area contributed by atoms with Crippen LogP contribution in [0.4, 0.5) is 5.13 Å². The number of aromatic nitrogens is 1. The van der Waals surface area contributed by atoms with Crippen molar-refractivity contribution in [2.75, 3.05) is 19.0 Å². The van der Waals surface area contributed by atoms with Crippen molar-refractivity contribution in [3.8, 4) is 0 Å². The zero-order chi connectivity index (χ0) is 10.7. The average Bonchev–Trinajstić information content (AvgIpc) is 2.50. The average molecular weight is 213 g/mol. The molecule has 4 heteroatoms. The summed E-state index contributed by atoms with van der Waals surface area (Å²) >= 11 is 1.65. The number of thiazole rings is 1. The van der Waals surface area contributed by atoms with E-state index < -0.39 is 0 Å². The molecular weight excluding hydrogens is 194 g/mol. The zero-order valence-corrected chi connectivity index (χ0v) is 10.1. The number of nitrogens with zero attached hydrogens (tertiary/aromatic N) is 2. The van der Waals surface area contributed by atoms with Crippen LogP contribution in [-0.4, -0.2) is 19.1 Å². The van der Waals surface area contributed by atoms with Crippen LogP contribution in [-0.2, 0) is 0 Å². The van der Waals surface area contributed by atoms with Crippen LogP contribution in [0.15, 0.2) is 5.38 Å². The Morgan fingerprint density at radius 3 is 2.57 bits per heavy atom. The molecule has 0 aromatic carbocycles. The van der Waals surface area contributed by atoms with E-state index in [1.54, 1.807) is 11.3 Å². The Hall–Kier alpha value is -0.610. The second-order valence-corrected chi connectivity index (χ2v) is 5.02. The highest BCUT2D eigenvalue weighted by Gasteiger charge is 2.12. The Kier molecular flexibility index (Phi) is 3.89. The molecule has 1 rings (SSSR count). The molecular formula is C10H19N3S. The van der Waals surface area contributed by atoms with Crippen molar-refractivity contribution in [2.45, 2.75) is 26.3 Å². The second kappa shape index (κ2) is 4.75. The maximum Gasteiger partial charge on any atom is 0.185 e. The molecule has 0 aliphatic carbocycles. The Bertz CT molecular complexity index is 281. The molecule has 3 nitrogen and oxygen atoms in total. The first-order chi connectivity index (χ1) is 6.50. The van der Waals surface area contributed by atoms with Gasteiger partial charge in [-0.05, 0) is 12.3 Å². The van der Waals surface area contributed by atoms with Gasteiger partial charge in [-0.1, -0.05) is 13.8 Å². The summed E-state index contributed by atoms with van der Waals surface area (Å²) in [5.74, 6) is 0.620. The molecule has 80 valence electrons. The van der Waals surface area contributed by atoms with Crippen LogP contribution in [0.5, 0.6) is 0 Å². The molecule has 1 atom stereocenters. The fourth-order valence-corrected chi connectivity index (χ4v) is 2.10. The van der Waals surface area contributed by atoms with Crippen molar-refractivity contribution < 1.29 is 0 Å². The molecule has 2 N–H and O–H groups in total. The third-order valence-electron chi connectivity index (χ3n) is 2.00. The first-order valence-electron chi connectivity index (χ1n) is 4.89. The van der Waals surface area contributed by atoms with Crippen molar-refractivity contribution in [1.82, 2.24) is 4.98 Å². The molecule has 1 aromatic rings. The van der Waals surface area contributed by atoms with Gasteiger partial charge in [0.2, 0.25) is 0 Å². The van der Waals surface area contributed by atoms with Crippen molar-refractivity contribution in [1.29, 1.82) is 0 Å². The van der Waals surface area contributed by atoms with Crippen LogP contribution in [0.25, 0.3) is 0 Å². The van der Waals surface area contributed by atoms with Crippen molar-refractivity contribution in [3.63, 3.8) is 0 Å². The SMILES string of the molecule is CC(C)CC(N)c1csc(N(C)C)n1. The maximum absolute atomic E-state index is 6.04. The third-order valence-corrected chi connectivity index (χ3v) is 3.02. The summed E-state index contributed by atoms with van der Waals surface area (Å²) in [5, 5.41) is 3.08. The van der Waals surface area contributed by atoms with Gasteiger partial charge in [-0.3, -0.25) is 0 Å². The molecule has 0 fully saturated rings. The van der Waals surface area contributed by atoms with Crippen molar-refractivity contribution in [3.05, 3.63) is 11.1 Å². The van der Waals surface area contributed by atoms with Crippen LogP contribution >= 0.6 is 11.3 Å². The largest absolute Gasteiger partial charge is 0.354 e. The number of hydrogen-bond donors (Lipinski definition) is 1. The van der Waals surface area contributed by atoms with E-state index in [4.69, 9.17) is 5.73 Å². The molecule has 0 spiro atoms. The fourth-order valence-electron chi connectivity index (χ4n) is 1.28. The lowest BCUT2D eigenvalue weighted by Crippen LogP contribution is -2.14. The molecule has 1 aromatic heterocycles. The predicted molar refractivity (Wildman–Crippen MR) is 62.8 cm³/mol. The molecule has 0 amide bonds. The molecule has 0 aliphatic rings. The number of anilines is 1. The van der Waals surface area contributed by atoms with Gasteiger partial charge in [-0.2, -0.15) is 0 Å². The maximum atomic E-state index is 6.04. The number of rotatable bonds is 4. The summed E-state index contributed by atoms with van der Waals surface area (Å²) in [7, 11) is 3.99.